The van der Waals surface area contributed by atoms with Gasteiger partial charge in [-0.1, -0.05) is 23.7 Å². The minimum absolute atomic E-state index is 0.0536. The maximum Gasteiger partial charge on any atom is 0.433 e. The molecule has 0 radical (unpaired) electrons. The molecule has 2 heterocycles. The number of nitrogens with two attached hydrogens (primary N) is 1. The number of aromatic nitrogens is 2. The fourth-order valence-electron chi connectivity index (χ4n) is 1.89. The molecule has 8 heteroatoms. The second-order valence-electron chi connectivity index (χ2n) is 4.26. The first-order chi connectivity index (χ1) is 9.84. The summed E-state index contributed by atoms with van der Waals surface area (Å²) in [4.78, 5) is 6.95. The van der Waals surface area contributed by atoms with E-state index in [2.05, 4.69) is 9.97 Å². The predicted molar refractivity (Wildman–Crippen MR) is 71.7 cm³/mol. The summed E-state index contributed by atoms with van der Waals surface area (Å²) in [5.74, 6) is -0.343. The Morgan fingerprint density at radius 2 is 1.90 bits per heavy atom. The zero-order chi connectivity index (χ0) is 15.2. The molecule has 0 aliphatic heterocycles. The number of halogens is 4. The molecule has 108 valence electrons. The highest BCUT2D eigenvalue weighted by Crippen LogP contribution is 2.34. The highest BCUT2D eigenvalue weighted by atomic mass is 35.5. The maximum absolute atomic E-state index is 12.7. The number of nitrogen functional groups attached to an aromatic ring is 1. The van der Waals surface area contributed by atoms with Gasteiger partial charge in [0, 0.05) is 5.39 Å². The first-order valence-electron chi connectivity index (χ1n) is 5.75. The van der Waals surface area contributed by atoms with Crippen molar-refractivity contribution >= 4 is 28.5 Å². The van der Waals surface area contributed by atoms with Crippen LogP contribution in [0.15, 0.2) is 34.7 Å². The fraction of sp³-hybridized carbons (Fsp3) is 0.0769. The van der Waals surface area contributed by atoms with E-state index in [4.69, 9.17) is 21.8 Å². The smallest absolute Gasteiger partial charge is 0.433 e. The molecule has 0 aliphatic rings. The molecular formula is C13H7ClF3N3O. The van der Waals surface area contributed by atoms with Crippen molar-refractivity contribution in [1.29, 1.82) is 0 Å². The van der Waals surface area contributed by atoms with Crippen molar-refractivity contribution in [2.24, 2.45) is 0 Å². The largest absolute Gasteiger partial charge is 0.453 e. The summed E-state index contributed by atoms with van der Waals surface area (Å²) in [6.45, 7) is 0. The number of rotatable bonds is 1. The Morgan fingerprint density at radius 1 is 1.14 bits per heavy atom. The van der Waals surface area contributed by atoms with E-state index >= 15 is 0 Å². The first kappa shape index (κ1) is 13.7. The van der Waals surface area contributed by atoms with E-state index in [1.807, 2.05) is 0 Å². The van der Waals surface area contributed by atoms with Crippen molar-refractivity contribution in [3.05, 3.63) is 41.0 Å². The summed E-state index contributed by atoms with van der Waals surface area (Å²) in [6, 6.07) is 7.38. The zero-order valence-electron chi connectivity index (χ0n) is 10.3. The summed E-state index contributed by atoms with van der Waals surface area (Å²) in [5, 5.41) is 1.01. The highest BCUT2D eigenvalue weighted by molar-refractivity contribution is 6.34. The molecule has 1 aromatic carbocycles. The van der Waals surface area contributed by atoms with E-state index in [9.17, 15) is 13.2 Å². The van der Waals surface area contributed by atoms with Crippen molar-refractivity contribution < 1.29 is 17.6 Å². The molecule has 0 unspecified atom stereocenters. The van der Waals surface area contributed by atoms with Gasteiger partial charge in [-0.25, -0.2) is 9.97 Å². The number of hydrogen-bond donors (Lipinski definition) is 1. The molecule has 0 bridgehead atoms. The standard InChI is InChI=1S/C13H7ClF3N3O/c14-7-3-1-2-6-4-9(21-11(6)7)8-5-10(13(15,16)17)20-12(18)19-8/h1-5H,(H2,18,19,20). The van der Waals surface area contributed by atoms with Crippen LogP contribution in [0.5, 0.6) is 0 Å². The van der Waals surface area contributed by atoms with Gasteiger partial charge in [-0.3, -0.25) is 0 Å². The summed E-state index contributed by atoms with van der Waals surface area (Å²) in [7, 11) is 0. The van der Waals surface area contributed by atoms with Crippen molar-refractivity contribution in [1.82, 2.24) is 9.97 Å². The number of benzene rings is 1. The normalized spacial score (nSPS) is 12.0. The van der Waals surface area contributed by atoms with Crippen molar-refractivity contribution in [2.45, 2.75) is 6.18 Å². The third-order valence-electron chi connectivity index (χ3n) is 2.78. The molecule has 4 nitrogen and oxygen atoms in total. The van der Waals surface area contributed by atoms with Crippen LogP contribution in [-0.4, -0.2) is 9.97 Å². The molecule has 2 N–H and O–H groups in total. The van der Waals surface area contributed by atoms with Crippen molar-refractivity contribution in [3.63, 3.8) is 0 Å². The van der Waals surface area contributed by atoms with E-state index in [1.54, 1.807) is 24.3 Å². The van der Waals surface area contributed by atoms with Gasteiger partial charge in [0.25, 0.3) is 0 Å². The maximum atomic E-state index is 12.7. The second kappa shape index (κ2) is 4.63. The van der Waals surface area contributed by atoms with Gasteiger partial charge in [0.05, 0.1) is 5.02 Å². The Bertz CT molecular complexity index is 829. The minimum Gasteiger partial charge on any atom is -0.453 e. The number of fused-ring (bicyclic) bond motifs is 1. The molecule has 0 fully saturated rings. The second-order valence-corrected chi connectivity index (χ2v) is 4.67. The van der Waals surface area contributed by atoms with Crippen LogP contribution >= 0.6 is 11.6 Å². The van der Waals surface area contributed by atoms with Crippen LogP contribution in [0, 0.1) is 0 Å². The summed E-state index contributed by atoms with van der Waals surface area (Å²) >= 11 is 5.96. The lowest BCUT2D eigenvalue weighted by molar-refractivity contribution is -0.141. The molecular weight excluding hydrogens is 307 g/mol. The van der Waals surface area contributed by atoms with Crippen LogP contribution in [0.2, 0.25) is 5.02 Å². The van der Waals surface area contributed by atoms with Crippen LogP contribution in [0.3, 0.4) is 0 Å². The quantitative estimate of drug-likeness (QED) is 0.733. The van der Waals surface area contributed by atoms with Gasteiger partial charge in [0.15, 0.2) is 17.0 Å². The number of nitrogens with zero attached hydrogens (tertiary/aromatic N) is 2. The number of alkyl halides is 3. The van der Waals surface area contributed by atoms with E-state index in [0.29, 0.717) is 16.0 Å². The molecule has 3 aromatic rings. The van der Waals surface area contributed by atoms with Gasteiger partial charge in [-0.15, -0.1) is 0 Å². The summed E-state index contributed by atoms with van der Waals surface area (Å²) in [6.07, 6.45) is -4.62. The van der Waals surface area contributed by atoms with Crippen molar-refractivity contribution in [3.8, 4) is 11.5 Å². The van der Waals surface area contributed by atoms with E-state index < -0.39 is 17.8 Å². The topological polar surface area (TPSA) is 64.9 Å². The van der Waals surface area contributed by atoms with Gasteiger partial charge in [-0.05, 0) is 18.2 Å². The van der Waals surface area contributed by atoms with E-state index in [-0.39, 0.29) is 11.5 Å². The van der Waals surface area contributed by atoms with E-state index in [0.717, 1.165) is 6.07 Å². The first-order valence-corrected chi connectivity index (χ1v) is 6.12. The SMILES string of the molecule is Nc1nc(-c2cc3cccc(Cl)c3o2)cc(C(F)(F)F)n1. The number of furan rings is 1. The zero-order valence-corrected chi connectivity index (χ0v) is 11.0. The van der Waals surface area contributed by atoms with E-state index in [1.165, 1.54) is 0 Å². The van der Waals surface area contributed by atoms with Gasteiger partial charge in [0.1, 0.15) is 5.69 Å². The Balaban J connectivity index is 2.18. The van der Waals surface area contributed by atoms with Gasteiger partial charge in [-0.2, -0.15) is 13.2 Å². The molecule has 0 amide bonds. The van der Waals surface area contributed by atoms with Gasteiger partial charge < -0.3 is 10.2 Å². The average molecular weight is 314 g/mol. The van der Waals surface area contributed by atoms with Crippen molar-refractivity contribution in [2.75, 3.05) is 5.73 Å². The molecule has 3 rings (SSSR count). The lowest BCUT2D eigenvalue weighted by Crippen LogP contribution is -2.11. The fourth-order valence-corrected chi connectivity index (χ4v) is 2.11. The van der Waals surface area contributed by atoms with Crippen LogP contribution in [-0.2, 0) is 6.18 Å². The Hall–Kier alpha value is -2.28. The monoisotopic (exact) mass is 313 g/mol. The predicted octanol–water partition coefficient (Wildman–Crippen LogP) is 4.14. The summed E-state index contributed by atoms with van der Waals surface area (Å²) in [5.41, 5.74) is 4.52. The molecule has 21 heavy (non-hydrogen) atoms. The Morgan fingerprint density at radius 3 is 2.57 bits per heavy atom. The number of anilines is 1. The average Bonchev–Trinajstić information content (AvgIpc) is 2.82. The molecule has 0 saturated heterocycles. The van der Waals surface area contributed by atoms with Crippen LogP contribution < -0.4 is 5.73 Å². The lowest BCUT2D eigenvalue weighted by Gasteiger charge is -2.07. The third-order valence-corrected chi connectivity index (χ3v) is 3.08. The third kappa shape index (κ3) is 2.52. The number of hydrogen-bond acceptors (Lipinski definition) is 4. The van der Waals surface area contributed by atoms with Crippen LogP contribution in [0.1, 0.15) is 5.69 Å². The molecule has 2 aromatic heterocycles. The lowest BCUT2D eigenvalue weighted by atomic mass is 10.2. The van der Waals surface area contributed by atoms with Gasteiger partial charge >= 0.3 is 6.18 Å². The number of para-hydroxylation sites is 1. The summed E-state index contributed by atoms with van der Waals surface area (Å²) < 4.78 is 43.7. The Kier molecular flexibility index (Phi) is 3.02. The van der Waals surface area contributed by atoms with Gasteiger partial charge in [0.2, 0.25) is 5.95 Å². The molecule has 0 saturated carbocycles. The van der Waals surface area contributed by atoms with Crippen LogP contribution in [0.25, 0.3) is 22.4 Å². The minimum atomic E-state index is -4.62. The highest BCUT2D eigenvalue weighted by Gasteiger charge is 2.34. The molecule has 0 aliphatic carbocycles. The molecule has 0 spiro atoms. The van der Waals surface area contributed by atoms with Crippen LogP contribution in [0.4, 0.5) is 19.1 Å². The Labute approximate surface area is 121 Å². The molecule has 0 atom stereocenters.